The van der Waals surface area contributed by atoms with Crippen LogP contribution in [0.15, 0.2) is 96.4 Å². The van der Waals surface area contributed by atoms with Crippen molar-refractivity contribution in [3.8, 4) is 0 Å². The van der Waals surface area contributed by atoms with Gasteiger partial charge in [0.25, 0.3) is 0 Å². The summed E-state index contributed by atoms with van der Waals surface area (Å²) >= 11 is 0. The number of carbonyl (C=O) groups is 1. The highest BCUT2D eigenvalue weighted by molar-refractivity contribution is 6.03. The lowest BCUT2D eigenvalue weighted by atomic mass is 9.98. The summed E-state index contributed by atoms with van der Waals surface area (Å²) in [5.74, 6) is 1.06. The highest BCUT2D eigenvalue weighted by Gasteiger charge is 2.12. The SMILES string of the molecule is C=CC(=C(C)C)/C(=C/Cc1cc(C(=C)C)ccc1C)N/C=C/C(=O)/C(C)=C/C=C\C.CC1CC1. The molecule has 0 amide bonds. The van der Waals surface area contributed by atoms with E-state index in [1.807, 2.05) is 45.1 Å². The van der Waals surface area contributed by atoms with E-state index >= 15 is 0 Å². The van der Waals surface area contributed by atoms with E-state index in [1.54, 1.807) is 12.3 Å². The van der Waals surface area contributed by atoms with Gasteiger partial charge in [-0.1, -0.05) is 92.6 Å². The molecule has 1 aliphatic rings. The van der Waals surface area contributed by atoms with Crippen LogP contribution in [0.1, 0.15) is 71.1 Å². The van der Waals surface area contributed by atoms with Gasteiger partial charge in [0.15, 0.2) is 5.78 Å². The third-order valence-corrected chi connectivity index (χ3v) is 5.67. The van der Waals surface area contributed by atoms with Crippen molar-refractivity contribution in [3.63, 3.8) is 0 Å². The highest BCUT2D eigenvalue weighted by Crippen LogP contribution is 2.26. The molecule has 0 radical (unpaired) electrons. The Bertz CT molecular complexity index is 1020. The molecule has 1 saturated carbocycles. The number of benzene rings is 1. The average molecular weight is 458 g/mol. The lowest BCUT2D eigenvalue weighted by molar-refractivity contribution is -0.111. The second-order valence-corrected chi connectivity index (χ2v) is 9.26. The monoisotopic (exact) mass is 457 g/mol. The van der Waals surface area contributed by atoms with Gasteiger partial charge in [0, 0.05) is 18.0 Å². The Morgan fingerprint density at radius 3 is 2.32 bits per heavy atom. The number of aryl methyl sites for hydroxylation is 1. The smallest absolute Gasteiger partial charge is 0.182 e. The molecule has 1 aliphatic carbocycles. The zero-order chi connectivity index (χ0) is 25.7. The van der Waals surface area contributed by atoms with Gasteiger partial charge in [-0.15, -0.1) is 0 Å². The van der Waals surface area contributed by atoms with Gasteiger partial charge in [0.2, 0.25) is 0 Å². The molecule has 0 unspecified atom stereocenters. The third-order valence-electron chi connectivity index (χ3n) is 5.67. The van der Waals surface area contributed by atoms with Crippen LogP contribution in [-0.2, 0) is 11.2 Å². The van der Waals surface area contributed by atoms with Gasteiger partial charge in [-0.25, -0.2) is 0 Å². The predicted octanol–water partition coefficient (Wildman–Crippen LogP) is 8.59. The quantitative estimate of drug-likeness (QED) is 0.281. The molecule has 182 valence electrons. The topological polar surface area (TPSA) is 29.1 Å². The summed E-state index contributed by atoms with van der Waals surface area (Å²) in [6, 6.07) is 6.43. The third kappa shape index (κ3) is 10.7. The molecule has 1 aromatic rings. The Morgan fingerprint density at radius 1 is 1.18 bits per heavy atom. The Morgan fingerprint density at radius 2 is 1.82 bits per heavy atom. The van der Waals surface area contributed by atoms with E-state index in [2.05, 4.69) is 70.4 Å². The lowest BCUT2D eigenvalue weighted by Crippen LogP contribution is -2.10. The molecule has 0 bridgehead atoms. The van der Waals surface area contributed by atoms with Gasteiger partial charge in [0.1, 0.15) is 0 Å². The maximum absolute atomic E-state index is 12.2. The summed E-state index contributed by atoms with van der Waals surface area (Å²) in [6.07, 6.45) is 16.6. The zero-order valence-corrected chi connectivity index (χ0v) is 22.3. The zero-order valence-electron chi connectivity index (χ0n) is 22.3. The van der Waals surface area contributed by atoms with Crippen LogP contribution in [0.4, 0.5) is 0 Å². The minimum absolute atomic E-state index is 0.0256. The highest BCUT2D eigenvalue weighted by atomic mass is 16.1. The van der Waals surface area contributed by atoms with Gasteiger partial charge in [0.05, 0.1) is 0 Å². The Labute approximate surface area is 208 Å². The van der Waals surface area contributed by atoms with E-state index in [9.17, 15) is 4.79 Å². The van der Waals surface area contributed by atoms with E-state index in [4.69, 9.17) is 0 Å². The van der Waals surface area contributed by atoms with Crippen LogP contribution >= 0.6 is 0 Å². The summed E-state index contributed by atoms with van der Waals surface area (Å²) in [5.41, 5.74) is 8.50. The van der Waals surface area contributed by atoms with Gasteiger partial charge in [-0.3, -0.25) is 4.79 Å². The second-order valence-electron chi connectivity index (χ2n) is 9.26. The van der Waals surface area contributed by atoms with Gasteiger partial charge in [-0.2, -0.15) is 0 Å². The van der Waals surface area contributed by atoms with Crippen molar-refractivity contribution in [1.29, 1.82) is 0 Å². The summed E-state index contributed by atoms with van der Waals surface area (Å²) in [5, 5.41) is 3.29. The molecule has 2 rings (SSSR count). The Hall–Kier alpha value is -3.13. The van der Waals surface area contributed by atoms with Crippen molar-refractivity contribution in [3.05, 3.63) is 113 Å². The van der Waals surface area contributed by atoms with Crippen molar-refractivity contribution in [2.75, 3.05) is 0 Å². The first-order chi connectivity index (χ1) is 16.1. The van der Waals surface area contributed by atoms with Crippen LogP contribution < -0.4 is 5.32 Å². The van der Waals surface area contributed by atoms with E-state index in [-0.39, 0.29) is 5.78 Å². The number of carbonyl (C=O) groups excluding carboxylic acids is 1. The predicted molar refractivity (Wildman–Crippen MR) is 150 cm³/mol. The molecule has 1 fully saturated rings. The summed E-state index contributed by atoms with van der Waals surface area (Å²) in [4.78, 5) is 12.2. The van der Waals surface area contributed by atoms with E-state index < -0.39 is 0 Å². The second kappa shape index (κ2) is 14.9. The van der Waals surface area contributed by atoms with Crippen LogP contribution in [0, 0.1) is 12.8 Å². The van der Waals surface area contributed by atoms with Gasteiger partial charge in [-0.05, 0) is 81.7 Å². The van der Waals surface area contributed by atoms with Crippen molar-refractivity contribution >= 4 is 11.4 Å². The van der Waals surface area contributed by atoms with Crippen molar-refractivity contribution < 1.29 is 4.79 Å². The van der Waals surface area contributed by atoms with Crippen molar-refractivity contribution in [2.24, 2.45) is 5.92 Å². The fourth-order valence-electron chi connectivity index (χ4n) is 3.03. The molecule has 0 spiro atoms. The number of ketones is 1. The number of nitrogens with one attached hydrogen (secondary N) is 1. The Kier molecular flexibility index (Phi) is 12.7. The van der Waals surface area contributed by atoms with Gasteiger partial charge >= 0.3 is 0 Å². The maximum Gasteiger partial charge on any atom is 0.182 e. The van der Waals surface area contributed by atoms with Crippen LogP contribution in [-0.4, -0.2) is 5.78 Å². The van der Waals surface area contributed by atoms with Crippen LogP contribution in [0.3, 0.4) is 0 Å². The maximum atomic E-state index is 12.2. The molecule has 0 heterocycles. The largest absolute Gasteiger partial charge is 0.361 e. The molecule has 0 aliphatic heterocycles. The molecule has 0 atom stereocenters. The van der Waals surface area contributed by atoms with E-state index in [1.165, 1.54) is 24.0 Å². The number of hydrogen-bond acceptors (Lipinski definition) is 2. The van der Waals surface area contributed by atoms with Crippen molar-refractivity contribution in [2.45, 2.75) is 67.7 Å². The molecule has 34 heavy (non-hydrogen) atoms. The van der Waals surface area contributed by atoms with E-state index in [0.717, 1.165) is 40.3 Å². The molecule has 2 nitrogen and oxygen atoms in total. The average Bonchev–Trinajstić information content (AvgIpc) is 3.58. The fraction of sp³-hybridized carbons (Fsp3) is 0.344. The normalized spacial score (nSPS) is 14.0. The lowest BCUT2D eigenvalue weighted by Gasteiger charge is -2.13. The number of hydrogen-bond donors (Lipinski definition) is 1. The molecule has 2 heteroatoms. The molecule has 1 aromatic carbocycles. The molecule has 1 N–H and O–H groups in total. The number of allylic oxidation sites excluding steroid dienone is 9. The Balaban J connectivity index is 0.00000130. The summed E-state index contributed by atoms with van der Waals surface area (Å²) in [6.45, 7) is 22.3. The van der Waals surface area contributed by atoms with Gasteiger partial charge < -0.3 is 5.32 Å². The summed E-state index contributed by atoms with van der Waals surface area (Å²) < 4.78 is 0. The van der Waals surface area contributed by atoms with E-state index in [0.29, 0.717) is 5.57 Å². The van der Waals surface area contributed by atoms with Crippen LogP contribution in [0.2, 0.25) is 0 Å². The summed E-state index contributed by atoms with van der Waals surface area (Å²) in [7, 11) is 0. The first kappa shape index (κ1) is 28.9. The molecule has 0 aromatic heterocycles. The van der Waals surface area contributed by atoms with Crippen LogP contribution in [0.25, 0.3) is 5.57 Å². The first-order valence-electron chi connectivity index (χ1n) is 12.1. The standard InChI is InChI=1S/C28H35NO.C4H8/c1-9-11-12-23(8)28(30)17-18-29-27(26(10-2)21(5)6)16-15-25-19-24(20(3)4)14-13-22(25)7;1-4-2-3-4/h9-14,16-19,29H,2-3,15H2,1,4-8H3;4H,2-3H2,1H3/b11-9-,18-17+,23-12+,27-16-;. The van der Waals surface area contributed by atoms with Crippen LogP contribution in [0.5, 0.6) is 0 Å². The minimum Gasteiger partial charge on any atom is -0.361 e. The fourth-order valence-corrected chi connectivity index (χ4v) is 3.03. The van der Waals surface area contributed by atoms with Crippen molar-refractivity contribution in [1.82, 2.24) is 5.32 Å². The molecular formula is C32H43NO. The molecule has 0 saturated heterocycles. The minimum atomic E-state index is -0.0256. The first-order valence-corrected chi connectivity index (χ1v) is 12.1. The number of rotatable bonds is 10. The molecular weight excluding hydrogens is 414 g/mol.